The molecule has 3 aromatic heterocycles. The van der Waals surface area contributed by atoms with Gasteiger partial charge in [0.1, 0.15) is 6.20 Å². The third kappa shape index (κ3) is 2.62. The zero-order chi connectivity index (χ0) is 17.4. The molecule has 0 unspecified atom stereocenters. The summed E-state index contributed by atoms with van der Waals surface area (Å²) in [5.41, 5.74) is 2.20. The average Bonchev–Trinajstić information content (AvgIpc) is 3.21. The van der Waals surface area contributed by atoms with Gasteiger partial charge in [0.25, 0.3) is 0 Å². The van der Waals surface area contributed by atoms with E-state index in [9.17, 15) is 14.9 Å². The molecule has 0 aliphatic carbocycles. The van der Waals surface area contributed by atoms with Crippen molar-refractivity contribution < 1.29 is 9.72 Å². The van der Waals surface area contributed by atoms with Crippen LogP contribution in [-0.4, -0.2) is 29.8 Å². The van der Waals surface area contributed by atoms with Gasteiger partial charge >= 0.3 is 5.82 Å². The highest BCUT2D eigenvalue weighted by Crippen LogP contribution is 2.23. The molecule has 24 heavy (non-hydrogen) atoms. The summed E-state index contributed by atoms with van der Waals surface area (Å²) >= 11 is 1.48. The van der Waals surface area contributed by atoms with Crippen LogP contribution in [0.4, 0.5) is 5.82 Å². The monoisotopic (exact) mass is 345 g/mol. The molecule has 0 saturated heterocycles. The van der Waals surface area contributed by atoms with Gasteiger partial charge in [0.15, 0.2) is 17.5 Å². The number of imidazole rings is 1. The Kier molecular flexibility index (Phi) is 4.02. The molecule has 0 radical (unpaired) electrons. The van der Waals surface area contributed by atoms with Crippen molar-refractivity contribution in [3.63, 3.8) is 0 Å². The topological polar surface area (TPSA) is 95.9 Å². The van der Waals surface area contributed by atoms with Crippen LogP contribution in [0.25, 0.3) is 5.13 Å². The predicted molar refractivity (Wildman–Crippen MR) is 88.9 cm³/mol. The van der Waals surface area contributed by atoms with Gasteiger partial charge in [-0.05, 0) is 24.8 Å². The molecule has 0 aliphatic heterocycles. The summed E-state index contributed by atoms with van der Waals surface area (Å²) in [6.07, 6.45) is 2.88. The summed E-state index contributed by atoms with van der Waals surface area (Å²) < 4.78 is 3.23. The van der Waals surface area contributed by atoms with E-state index >= 15 is 0 Å². The summed E-state index contributed by atoms with van der Waals surface area (Å²) in [4.78, 5) is 31.4. The Balaban J connectivity index is 1.96. The number of hydrogen-bond acceptors (Lipinski definition) is 6. The maximum atomic E-state index is 12.7. The minimum absolute atomic E-state index is 0.121. The largest absolute Gasteiger partial charge is 0.358 e. The third-order valence-corrected chi connectivity index (χ3v) is 4.62. The van der Waals surface area contributed by atoms with Crippen LogP contribution >= 0.6 is 11.3 Å². The molecule has 0 fully saturated rings. The number of Topliss-reactive ketones (excluding diaryl/α,β-unsaturated/α-hetero) is 1. The van der Waals surface area contributed by atoms with E-state index in [2.05, 4.69) is 9.97 Å². The van der Waals surface area contributed by atoms with Crippen LogP contribution < -0.4 is 0 Å². The molecule has 0 aliphatic rings. The van der Waals surface area contributed by atoms with Crippen molar-refractivity contribution in [1.82, 2.24) is 19.1 Å². The van der Waals surface area contributed by atoms with E-state index in [1.165, 1.54) is 22.1 Å². The number of hydrogen-bond donors (Lipinski definition) is 0. The zero-order valence-corrected chi connectivity index (χ0v) is 14.2. The molecule has 3 rings (SSSR count). The van der Waals surface area contributed by atoms with Crippen LogP contribution in [0.3, 0.4) is 0 Å². The Morgan fingerprint density at radius 2 is 2.08 bits per heavy atom. The number of aromatic nitrogens is 4. The van der Waals surface area contributed by atoms with Crippen molar-refractivity contribution >= 4 is 22.9 Å². The number of nitro groups is 1. The van der Waals surface area contributed by atoms with Crippen molar-refractivity contribution in [3.05, 3.63) is 56.7 Å². The lowest BCUT2D eigenvalue weighted by molar-refractivity contribution is -0.392. The van der Waals surface area contributed by atoms with Crippen LogP contribution in [0, 0.1) is 30.9 Å². The van der Waals surface area contributed by atoms with E-state index in [1.807, 2.05) is 23.8 Å². The Morgan fingerprint density at radius 1 is 1.33 bits per heavy atom. The highest BCUT2D eigenvalue weighted by molar-refractivity contribution is 7.12. The normalized spacial score (nSPS) is 11.0. The third-order valence-electron chi connectivity index (χ3n) is 3.86. The molecule has 0 bridgehead atoms. The number of carbonyl (C=O) groups excluding carboxylic acids is 1. The highest BCUT2D eigenvalue weighted by atomic mass is 32.1. The zero-order valence-electron chi connectivity index (χ0n) is 13.4. The second-order valence-corrected chi connectivity index (χ2v) is 6.24. The van der Waals surface area contributed by atoms with E-state index in [1.54, 1.807) is 19.2 Å². The van der Waals surface area contributed by atoms with Gasteiger partial charge < -0.3 is 10.1 Å². The fourth-order valence-corrected chi connectivity index (χ4v) is 3.44. The number of ketones is 1. The van der Waals surface area contributed by atoms with Gasteiger partial charge in [0.2, 0.25) is 5.78 Å². The molecule has 9 heteroatoms. The first-order chi connectivity index (χ1) is 11.4. The Hall–Kier alpha value is -2.81. The molecule has 0 atom stereocenters. The van der Waals surface area contributed by atoms with Crippen molar-refractivity contribution in [2.75, 3.05) is 0 Å². The van der Waals surface area contributed by atoms with Gasteiger partial charge in [-0.15, -0.1) is 11.3 Å². The van der Waals surface area contributed by atoms with Gasteiger partial charge in [-0.2, -0.15) is 0 Å². The van der Waals surface area contributed by atoms with Crippen LogP contribution in [0.1, 0.15) is 27.6 Å². The van der Waals surface area contributed by atoms with Crippen LogP contribution in [-0.2, 0) is 6.54 Å². The minimum Gasteiger partial charge on any atom is -0.358 e. The summed E-state index contributed by atoms with van der Waals surface area (Å²) in [6.45, 7) is 5.26. The minimum atomic E-state index is -0.536. The highest BCUT2D eigenvalue weighted by Gasteiger charge is 2.24. The molecule has 124 valence electrons. The first-order valence-electron chi connectivity index (χ1n) is 7.18. The maximum Gasteiger partial charge on any atom is 0.343 e. The molecule has 3 aromatic rings. The number of nitrogens with zero attached hydrogens (tertiary/aromatic N) is 5. The van der Waals surface area contributed by atoms with Crippen molar-refractivity contribution in [1.29, 1.82) is 0 Å². The summed E-state index contributed by atoms with van der Waals surface area (Å²) in [6, 6.07) is 1.79. The molecular formula is C15H15N5O3S. The number of carbonyl (C=O) groups is 1. The lowest BCUT2D eigenvalue weighted by Gasteiger charge is -2.06. The maximum absolute atomic E-state index is 12.7. The summed E-state index contributed by atoms with van der Waals surface area (Å²) in [5, 5.41) is 13.7. The van der Waals surface area contributed by atoms with E-state index < -0.39 is 4.92 Å². The van der Waals surface area contributed by atoms with Crippen LogP contribution in [0.5, 0.6) is 0 Å². The number of rotatable bonds is 5. The molecule has 0 spiro atoms. The van der Waals surface area contributed by atoms with Gasteiger partial charge in [-0.1, -0.05) is 0 Å². The van der Waals surface area contributed by atoms with E-state index in [0.29, 0.717) is 11.4 Å². The molecule has 3 heterocycles. The smallest absolute Gasteiger partial charge is 0.343 e. The number of thiazole rings is 1. The van der Waals surface area contributed by atoms with Gasteiger partial charge in [-0.3, -0.25) is 9.36 Å². The fraction of sp³-hybridized carbons (Fsp3) is 0.267. The van der Waals surface area contributed by atoms with Crippen LogP contribution in [0.15, 0.2) is 23.8 Å². The second kappa shape index (κ2) is 6.00. The van der Waals surface area contributed by atoms with Crippen molar-refractivity contribution in [3.8, 4) is 5.13 Å². The second-order valence-electron chi connectivity index (χ2n) is 5.36. The Labute approximate surface area is 141 Å². The van der Waals surface area contributed by atoms with Crippen molar-refractivity contribution in [2.24, 2.45) is 0 Å². The molecule has 0 saturated carbocycles. The Morgan fingerprint density at radius 3 is 2.71 bits per heavy atom. The Bertz CT molecular complexity index is 923. The fourth-order valence-electron chi connectivity index (χ4n) is 2.69. The standard InChI is InChI=1S/C15H15N5O3S/c1-9-6-12(10(2)19(9)15-16-4-5-24-15)13(21)8-18-11(3)17-7-14(18)20(22)23/h4-7H,8H2,1-3H3. The molecule has 8 nitrogen and oxygen atoms in total. The quantitative estimate of drug-likeness (QED) is 0.402. The first kappa shape index (κ1) is 16.1. The SMILES string of the molecule is Cc1ncc([N+](=O)[O-])n1CC(=O)c1cc(C)n(-c2nccs2)c1C. The molecule has 0 amide bonds. The lowest BCUT2D eigenvalue weighted by Crippen LogP contribution is -2.14. The van der Waals surface area contributed by atoms with Gasteiger partial charge in [0.05, 0.1) is 0 Å². The summed E-state index contributed by atoms with van der Waals surface area (Å²) in [5.74, 6) is 0.0495. The van der Waals surface area contributed by atoms with Gasteiger partial charge in [0, 0.05) is 35.5 Å². The molecule has 0 aromatic carbocycles. The van der Waals surface area contributed by atoms with Crippen molar-refractivity contribution in [2.45, 2.75) is 27.3 Å². The average molecular weight is 345 g/mol. The van der Waals surface area contributed by atoms with E-state index in [0.717, 1.165) is 16.5 Å². The van der Waals surface area contributed by atoms with Crippen LogP contribution in [0.2, 0.25) is 0 Å². The molecule has 0 N–H and O–H groups in total. The first-order valence-corrected chi connectivity index (χ1v) is 8.06. The number of aryl methyl sites for hydroxylation is 2. The van der Waals surface area contributed by atoms with Gasteiger partial charge in [-0.25, -0.2) is 14.5 Å². The van der Waals surface area contributed by atoms with E-state index in [-0.39, 0.29) is 18.1 Å². The lowest BCUT2D eigenvalue weighted by atomic mass is 10.1. The summed E-state index contributed by atoms with van der Waals surface area (Å²) in [7, 11) is 0. The molecular weight excluding hydrogens is 330 g/mol. The predicted octanol–water partition coefficient (Wildman–Crippen LogP) is 2.85. The van der Waals surface area contributed by atoms with E-state index in [4.69, 9.17) is 0 Å².